The summed E-state index contributed by atoms with van der Waals surface area (Å²) in [5.74, 6) is -0.409. The minimum Gasteiger partial charge on any atom is -0.321 e. The summed E-state index contributed by atoms with van der Waals surface area (Å²) in [6.07, 6.45) is 3.19. The molecule has 1 saturated heterocycles. The smallest absolute Gasteiger partial charge is 0.321 e. The van der Waals surface area contributed by atoms with Gasteiger partial charge < -0.3 is 5.32 Å². The van der Waals surface area contributed by atoms with E-state index in [-0.39, 0.29) is 19.5 Å². The normalized spacial score (nSPS) is 20.2. The van der Waals surface area contributed by atoms with E-state index >= 15 is 0 Å². The van der Waals surface area contributed by atoms with Crippen LogP contribution in [-0.4, -0.2) is 45.6 Å². The van der Waals surface area contributed by atoms with Gasteiger partial charge in [-0.3, -0.25) is 19.7 Å². The van der Waals surface area contributed by atoms with Gasteiger partial charge >= 0.3 is 6.03 Å². The van der Waals surface area contributed by atoms with Crippen LogP contribution in [0.5, 0.6) is 0 Å². The predicted molar refractivity (Wildman–Crippen MR) is 87.0 cm³/mol. The van der Waals surface area contributed by atoms with E-state index in [9.17, 15) is 19.6 Å². The zero-order valence-corrected chi connectivity index (χ0v) is 13.8. The molecule has 0 aromatic heterocycles. The van der Waals surface area contributed by atoms with Crippen LogP contribution >= 0.6 is 0 Å². The first-order valence-corrected chi connectivity index (χ1v) is 8.11. The van der Waals surface area contributed by atoms with Crippen LogP contribution in [0, 0.1) is 0 Å². The van der Waals surface area contributed by atoms with Crippen LogP contribution in [0.25, 0.3) is 0 Å². The fraction of sp³-hybridized carbons (Fsp3) is 0.471. The number of nitrogens with one attached hydrogen (secondary N) is 1. The maximum absolute atomic E-state index is 12.9. The Morgan fingerprint density at radius 2 is 1.96 bits per heavy atom. The first-order chi connectivity index (χ1) is 11.5. The molecule has 1 atom stereocenters. The maximum atomic E-state index is 12.9. The Labute approximate surface area is 141 Å². The van der Waals surface area contributed by atoms with Gasteiger partial charge in [-0.2, -0.15) is 0 Å². The second-order valence-corrected chi connectivity index (χ2v) is 6.05. The van der Waals surface area contributed by atoms with Crippen molar-refractivity contribution in [3.63, 3.8) is 0 Å². The molecule has 7 heteroatoms. The van der Waals surface area contributed by atoms with Gasteiger partial charge in [0.1, 0.15) is 5.54 Å². The van der Waals surface area contributed by atoms with Crippen molar-refractivity contribution in [3.8, 4) is 0 Å². The van der Waals surface area contributed by atoms with Crippen LogP contribution in [0.3, 0.4) is 0 Å². The Bertz CT molecular complexity index is 593. The van der Waals surface area contributed by atoms with Gasteiger partial charge in [0.25, 0.3) is 5.91 Å². The van der Waals surface area contributed by atoms with Crippen LogP contribution in [0.4, 0.5) is 4.79 Å². The molecule has 1 aromatic carbocycles. The third kappa shape index (κ3) is 3.91. The van der Waals surface area contributed by atoms with Crippen molar-refractivity contribution in [1.29, 1.82) is 0 Å². The number of hydrogen-bond donors (Lipinski definition) is 2. The SMILES string of the molecule is CCCCCC1(CN(O)C=O)NC(=O)N(Cc2ccccc2)C1=O. The number of carbonyl (C=O) groups is 3. The minimum absolute atomic E-state index is 0.160. The Hall–Kier alpha value is -2.41. The molecule has 130 valence electrons. The van der Waals surface area contributed by atoms with Crippen molar-refractivity contribution in [2.75, 3.05) is 6.54 Å². The molecule has 1 heterocycles. The summed E-state index contributed by atoms with van der Waals surface area (Å²) in [5.41, 5.74) is -0.432. The second-order valence-electron chi connectivity index (χ2n) is 6.05. The minimum atomic E-state index is -1.27. The van der Waals surface area contributed by atoms with E-state index in [1.807, 2.05) is 37.3 Å². The monoisotopic (exact) mass is 333 g/mol. The highest BCUT2D eigenvalue weighted by Crippen LogP contribution is 2.26. The topological polar surface area (TPSA) is 89.9 Å². The Morgan fingerprint density at radius 3 is 2.58 bits per heavy atom. The van der Waals surface area contributed by atoms with Gasteiger partial charge in [0.2, 0.25) is 6.41 Å². The second kappa shape index (κ2) is 7.92. The number of benzene rings is 1. The number of unbranched alkanes of at least 4 members (excludes halogenated alkanes) is 2. The van der Waals surface area contributed by atoms with E-state index in [2.05, 4.69) is 5.32 Å². The Balaban J connectivity index is 2.19. The van der Waals surface area contributed by atoms with Crippen LogP contribution in [0.15, 0.2) is 30.3 Å². The van der Waals surface area contributed by atoms with E-state index in [1.165, 1.54) is 0 Å². The molecule has 0 radical (unpaired) electrons. The summed E-state index contributed by atoms with van der Waals surface area (Å²) >= 11 is 0. The lowest BCUT2D eigenvalue weighted by molar-refractivity contribution is -0.157. The average molecular weight is 333 g/mol. The van der Waals surface area contributed by atoms with Crippen molar-refractivity contribution in [2.45, 2.75) is 44.7 Å². The average Bonchev–Trinajstić information content (AvgIpc) is 2.80. The van der Waals surface area contributed by atoms with Gasteiger partial charge in [-0.1, -0.05) is 56.5 Å². The number of nitrogens with zero attached hydrogens (tertiary/aromatic N) is 2. The molecule has 0 bridgehead atoms. The van der Waals surface area contributed by atoms with Crippen molar-refractivity contribution in [2.24, 2.45) is 0 Å². The molecular weight excluding hydrogens is 310 g/mol. The molecule has 1 aliphatic rings. The standard InChI is InChI=1S/C17H23N3O4/c1-2-3-7-10-17(12-19(24)13-21)15(22)20(16(23)18-17)11-14-8-5-4-6-9-14/h4-6,8-9,13,24H,2-3,7,10-12H2,1H3,(H,18,23). The van der Waals surface area contributed by atoms with Gasteiger partial charge in [0, 0.05) is 0 Å². The summed E-state index contributed by atoms with van der Waals surface area (Å²) < 4.78 is 0. The number of carbonyl (C=O) groups excluding carboxylic acids is 3. The maximum Gasteiger partial charge on any atom is 0.325 e. The number of urea groups is 1. The van der Waals surface area contributed by atoms with E-state index in [0.29, 0.717) is 17.9 Å². The number of hydrogen-bond acceptors (Lipinski definition) is 4. The zero-order valence-electron chi connectivity index (χ0n) is 13.8. The fourth-order valence-corrected chi connectivity index (χ4v) is 2.93. The fourth-order valence-electron chi connectivity index (χ4n) is 2.93. The van der Waals surface area contributed by atoms with Gasteiger partial charge in [-0.05, 0) is 12.0 Å². The quantitative estimate of drug-likeness (QED) is 0.237. The first-order valence-electron chi connectivity index (χ1n) is 8.11. The number of amides is 4. The molecule has 1 fully saturated rings. The van der Waals surface area contributed by atoms with Crippen molar-refractivity contribution in [1.82, 2.24) is 15.3 Å². The molecule has 7 nitrogen and oxygen atoms in total. The van der Waals surface area contributed by atoms with E-state index < -0.39 is 17.5 Å². The molecule has 2 rings (SSSR count). The highest BCUT2D eigenvalue weighted by Gasteiger charge is 2.51. The predicted octanol–water partition coefficient (Wildman–Crippen LogP) is 1.91. The Morgan fingerprint density at radius 1 is 1.25 bits per heavy atom. The van der Waals surface area contributed by atoms with Crippen molar-refractivity contribution < 1.29 is 19.6 Å². The molecule has 2 N–H and O–H groups in total. The lowest BCUT2D eigenvalue weighted by Gasteiger charge is -2.28. The lowest BCUT2D eigenvalue weighted by atomic mass is 9.91. The van der Waals surface area contributed by atoms with Gasteiger partial charge in [-0.15, -0.1) is 0 Å². The summed E-state index contributed by atoms with van der Waals surface area (Å²) in [5, 5.41) is 12.7. The molecular formula is C17H23N3O4. The Kier molecular flexibility index (Phi) is 5.92. The molecule has 1 unspecified atom stereocenters. The van der Waals surface area contributed by atoms with Crippen LogP contribution < -0.4 is 5.32 Å². The third-order valence-corrected chi connectivity index (χ3v) is 4.19. The third-order valence-electron chi connectivity index (χ3n) is 4.19. The molecule has 1 aromatic rings. The highest BCUT2D eigenvalue weighted by molar-refractivity contribution is 6.07. The van der Waals surface area contributed by atoms with Crippen LogP contribution in [0.2, 0.25) is 0 Å². The van der Waals surface area contributed by atoms with Gasteiger partial charge in [0.15, 0.2) is 0 Å². The lowest BCUT2D eigenvalue weighted by Crippen LogP contribution is -2.54. The molecule has 24 heavy (non-hydrogen) atoms. The van der Waals surface area contributed by atoms with Gasteiger partial charge in [-0.25, -0.2) is 9.86 Å². The molecule has 0 saturated carbocycles. The zero-order chi connectivity index (χ0) is 17.6. The summed E-state index contributed by atoms with van der Waals surface area (Å²) in [7, 11) is 0. The highest BCUT2D eigenvalue weighted by atomic mass is 16.5. The summed E-state index contributed by atoms with van der Waals surface area (Å²) in [4.78, 5) is 37.1. The van der Waals surface area contributed by atoms with E-state index in [0.717, 1.165) is 23.3 Å². The molecule has 0 aliphatic carbocycles. The number of imide groups is 1. The van der Waals surface area contributed by atoms with E-state index in [1.54, 1.807) is 0 Å². The van der Waals surface area contributed by atoms with E-state index in [4.69, 9.17) is 0 Å². The van der Waals surface area contributed by atoms with Crippen LogP contribution in [0.1, 0.15) is 38.2 Å². The largest absolute Gasteiger partial charge is 0.325 e. The number of rotatable bonds is 9. The van der Waals surface area contributed by atoms with Crippen molar-refractivity contribution in [3.05, 3.63) is 35.9 Å². The molecule has 4 amide bonds. The molecule has 0 spiro atoms. The summed E-state index contributed by atoms with van der Waals surface area (Å²) in [6, 6.07) is 8.70. The summed E-state index contributed by atoms with van der Waals surface area (Å²) in [6.45, 7) is 1.94. The van der Waals surface area contributed by atoms with Crippen molar-refractivity contribution >= 4 is 18.3 Å². The number of hydroxylamine groups is 2. The molecule has 1 aliphatic heterocycles. The van der Waals surface area contributed by atoms with Crippen LogP contribution in [-0.2, 0) is 16.1 Å². The first kappa shape index (κ1) is 17.9. The van der Waals surface area contributed by atoms with Gasteiger partial charge in [0.05, 0.1) is 13.1 Å².